The van der Waals surface area contributed by atoms with E-state index < -0.39 is 0 Å². The van der Waals surface area contributed by atoms with Gasteiger partial charge >= 0.3 is 0 Å². The topological polar surface area (TPSA) is 34.2 Å². The van der Waals surface area contributed by atoms with Gasteiger partial charge in [-0.05, 0) is 30.4 Å². The van der Waals surface area contributed by atoms with Gasteiger partial charge in [0.15, 0.2) is 0 Å². The normalized spacial score (nSPS) is 19.4. The Morgan fingerprint density at radius 1 is 1.44 bits per heavy atom. The molecule has 88 valence electrons. The highest BCUT2D eigenvalue weighted by molar-refractivity contribution is 5.33. The number of aromatic nitrogens is 1. The molecule has 1 aromatic rings. The summed E-state index contributed by atoms with van der Waals surface area (Å²) in [4.78, 5) is 3.98. The van der Waals surface area contributed by atoms with Crippen LogP contribution in [0.2, 0.25) is 0 Å². The SMILES string of the molecule is CC1(CNc2ccc(F)cn2)CCOCC1. The first-order valence-corrected chi connectivity index (χ1v) is 5.61. The zero-order chi connectivity index (χ0) is 11.4. The molecule has 0 atom stereocenters. The number of hydrogen-bond acceptors (Lipinski definition) is 3. The van der Waals surface area contributed by atoms with Crippen LogP contribution in [-0.2, 0) is 4.74 Å². The van der Waals surface area contributed by atoms with Crippen LogP contribution < -0.4 is 5.32 Å². The van der Waals surface area contributed by atoms with Crippen LogP contribution >= 0.6 is 0 Å². The fraction of sp³-hybridized carbons (Fsp3) is 0.583. The highest BCUT2D eigenvalue weighted by atomic mass is 19.1. The molecule has 2 heterocycles. The van der Waals surface area contributed by atoms with Crippen LogP contribution in [0.3, 0.4) is 0 Å². The van der Waals surface area contributed by atoms with E-state index in [0.29, 0.717) is 0 Å². The van der Waals surface area contributed by atoms with Gasteiger partial charge in [-0.25, -0.2) is 9.37 Å². The Morgan fingerprint density at radius 3 is 2.81 bits per heavy atom. The molecule has 0 radical (unpaired) electrons. The molecule has 0 bridgehead atoms. The minimum absolute atomic E-state index is 0.258. The molecule has 2 rings (SSSR count). The molecule has 0 unspecified atom stereocenters. The average Bonchev–Trinajstić information content (AvgIpc) is 2.29. The Labute approximate surface area is 95.0 Å². The van der Waals surface area contributed by atoms with Crippen LogP contribution in [0.4, 0.5) is 10.2 Å². The smallest absolute Gasteiger partial charge is 0.141 e. The molecule has 0 spiro atoms. The first-order valence-electron chi connectivity index (χ1n) is 5.61. The predicted molar refractivity (Wildman–Crippen MR) is 60.8 cm³/mol. The number of rotatable bonds is 3. The quantitative estimate of drug-likeness (QED) is 0.856. The number of ether oxygens (including phenoxy) is 1. The van der Waals surface area contributed by atoms with Crippen molar-refractivity contribution in [3.63, 3.8) is 0 Å². The Morgan fingerprint density at radius 2 is 2.19 bits per heavy atom. The molecule has 3 nitrogen and oxygen atoms in total. The van der Waals surface area contributed by atoms with Crippen molar-refractivity contribution in [1.82, 2.24) is 4.98 Å². The minimum atomic E-state index is -0.303. The second-order valence-electron chi connectivity index (χ2n) is 4.64. The third-order valence-electron chi connectivity index (χ3n) is 3.12. The molecule has 1 aliphatic rings. The summed E-state index contributed by atoms with van der Waals surface area (Å²) in [6, 6.07) is 3.08. The van der Waals surface area contributed by atoms with Crippen LogP contribution in [0.1, 0.15) is 19.8 Å². The molecule has 1 saturated heterocycles. The second kappa shape index (κ2) is 4.78. The Kier molecular flexibility index (Phi) is 3.39. The third kappa shape index (κ3) is 2.92. The number of nitrogens with zero attached hydrogens (tertiary/aromatic N) is 1. The van der Waals surface area contributed by atoms with Gasteiger partial charge in [-0.15, -0.1) is 0 Å². The standard InChI is InChI=1S/C12H17FN2O/c1-12(4-6-16-7-5-12)9-15-11-3-2-10(13)8-14-11/h2-3,8H,4-7,9H2,1H3,(H,14,15). The maximum atomic E-state index is 12.7. The lowest BCUT2D eigenvalue weighted by Gasteiger charge is -2.33. The van der Waals surface area contributed by atoms with Crippen molar-refractivity contribution in [1.29, 1.82) is 0 Å². The van der Waals surface area contributed by atoms with E-state index in [9.17, 15) is 4.39 Å². The van der Waals surface area contributed by atoms with Crippen molar-refractivity contribution in [2.45, 2.75) is 19.8 Å². The summed E-state index contributed by atoms with van der Waals surface area (Å²) in [6.45, 7) is 4.76. The van der Waals surface area contributed by atoms with E-state index in [4.69, 9.17) is 4.74 Å². The Bertz CT molecular complexity index is 333. The summed E-state index contributed by atoms with van der Waals surface area (Å²) in [7, 11) is 0. The van der Waals surface area contributed by atoms with Crippen LogP contribution in [0.25, 0.3) is 0 Å². The monoisotopic (exact) mass is 224 g/mol. The zero-order valence-electron chi connectivity index (χ0n) is 9.50. The molecule has 1 fully saturated rings. The van der Waals surface area contributed by atoms with Crippen LogP contribution in [-0.4, -0.2) is 24.7 Å². The molecular formula is C12H17FN2O. The second-order valence-corrected chi connectivity index (χ2v) is 4.64. The van der Waals surface area contributed by atoms with E-state index in [0.717, 1.165) is 38.4 Å². The average molecular weight is 224 g/mol. The Balaban J connectivity index is 1.88. The molecule has 1 N–H and O–H groups in total. The predicted octanol–water partition coefficient (Wildman–Crippen LogP) is 2.45. The summed E-state index contributed by atoms with van der Waals surface area (Å²) in [5, 5.41) is 3.25. The van der Waals surface area contributed by atoms with Crippen LogP contribution in [0.5, 0.6) is 0 Å². The number of anilines is 1. The van der Waals surface area contributed by atoms with Gasteiger partial charge < -0.3 is 10.1 Å². The lowest BCUT2D eigenvalue weighted by Crippen LogP contribution is -2.33. The number of hydrogen-bond donors (Lipinski definition) is 1. The zero-order valence-corrected chi connectivity index (χ0v) is 9.50. The van der Waals surface area contributed by atoms with Gasteiger partial charge in [0.25, 0.3) is 0 Å². The number of halogens is 1. The highest BCUT2D eigenvalue weighted by Gasteiger charge is 2.26. The van der Waals surface area contributed by atoms with Gasteiger partial charge in [-0.3, -0.25) is 0 Å². The summed E-state index contributed by atoms with van der Waals surface area (Å²) < 4.78 is 18.0. The molecule has 0 saturated carbocycles. The van der Waals surface area contributed by atoms with Crippen LogP contribution in [0.15, 0.2) is 18.3 Å². The first kappa shape index (κ1) is 11.3. The van der Waals surface area contributed by atoms with Gasteiger partial charge in [-0.2, -0.15) is 0 Å². The lowest BCUT2D eigenvalue weighted by atomic mass is 9.82. The maximum absolute atomic E-state index is 12.7. The molecule has 0 amide bonds. The van der Waals surface area contributed by atoms with E-state index in [1.54, 1.807) is 6.07 Å². The van der Waals surface area contributed by atoms with E-state index >= 15 is 0 Å². The van der Waals surface area contributed by atoms with E-state index in [2.05, 4.69) is 17.2 Å². The van der Waals surface area contributed by atoms with Gasteiger partial charge in [0.05, 0.1) is 6.20 Å². The van der Waals surface area contributed by atoms with E-state index in [1.807, 2.05) is 0 Å². The Hall–Kier alpha value is -1.16. The fourth-order valence-corrected chi connectivity index (χ4v) is 1.83. The molecule has 1 aliphatic heterocycles. The molecule has 1 aromatic heterocycles. The van der Waals surface area contributed by atoms with Crippen molar-refractivity contribution < 1.29 is 9.13 Å². The molecule has 0 aliphatic carbocycles. The number of pyridine rings is 1. The third-order valence-corrected chi connectivity index (χ3v) is 3.12. The molecule has 0 aromatic carbocycles. The van der Waals surface area contributed by atoms with Crippen molar-refractivity contribution in [3.05, 3.63) is 24.1 Å². The van der Waals surface area contributed by atoms with Gasteiger partial charge in [-0.1, -0.05) is 6.92 Å². The van der Waals surface area contributed by atoms with E-state index in [1.165, 1.54) is 12.3 Å². The van der Waals surface area contributed by atoms with Crippen molar-refractivity contribution in [2.75, 3.05) is 25.1 Å². The van der Waals surface area contributed by atoms with Crippen LogP contribution in [0, 0.1) is 11.2 Å². The summed E-state index contributed by atoms with van der Waals surface area (Å²) in [5.74, 6) is 0.428. The summed E-state index contributed by atoms with van der Waals surface area (Å²) in [6.07, 6.45) is 3.34. The fourth-order valence-electron chi connectivity index (χ4n) is 1.83. The summed E-state index contributed by atoms with van der Waals surface area (Å²) in [5.41, 5.74) is 0.258. The summed E-state index contributed by atoms with van der Waals surface area (Å²) >= 11 is 0. The minimum Gasteiger partial charge on any atom is -0.381 e. The first-order chi connectivity index (χ1) is 7.68. The van der Waals surface area contributed by atoms with Gasteiger partial charge in [0.2, 0.25) is 0 Å². The molecule has 4 heteroatoms. The lowest BCUT2D eigenvalue weighted by molar-refractivity contribution is 0.0300. The molecule has 16 heavy (non-hydrogen) atoms. The van der Waals surface area contributed by atoms with Gasteiger partial charge in [0.1, 0.15) is 11.6 Å². The largest absolute Gasteiger partial charge is 0.381 e. The molecular weight excluding hydrogens is 207 g/mol. The highest BCUT2D eigenvalue weighted by Crippen LogP contribution is 2.29. The van der Waals surface area contributed by atoms with Gasteiger partial charge in [0, 0.05) is 19.8 Å². The van der Waals surface area contributed by atoms with Crippen molar-refractivity contribution >= 4 is 5.82 Å². The van der Waals surface area contributed by atoms with Crippen molar-refractivity contribution in [3.8, 4) is 0 Å². The number of nitrogens with one attached hydrogen (secondary N) is 1. The van der Waals surface area contributed by atoms with Crippen molar-refractivity contribution in [2.24, 2.45) is 5.41 Å². The van der Waals surface area contributed by atoms with E-state index in [-0.39, 0.29) is 11.2 Å². The maximum Gasteiger partial charge on any atom is 0.141 e.